The quantitative estimate of drug-likeness (QED) is 0.673. The van der Waals surface area contributed by atoms with E-state index in [2.05, 4.69) is 15.0 Å². The SMILES string of the molecule is Cc1cccc(-c2nc(CN3CCN(C(=O)c4cccc(Cl)c4)CC3)no2)c1. The zero-order valence-corrected chi connectivity index (χ0v) is 16.4. The summed E-state index contributed by atoms with van der Waals surface area (Å²) in [6.45, 7) is 5.49. The molecule has 1 fully saturated rings. The average molecular weight is 397 g/mol. The van der Waals surface area contributed by atoms with Gasteiger partial charge >= 0.3 is 0 Å². The first-order chi connectivity index (χ1) is 13.6. The van der Waals surface area contributed by atoms with Crippen molar-refractivity contribution in [1.29, 1.82) is 0 Å². The third-order valence-corrected chi connectivity index (χ3v) is 5.06. The van der Waals surface area contributed by atoms with Crippen molar-refractivity contribution in [1.82, 2.24) is 19.9 Å². The Morgan fingerprint density at radius 3 is 2.64 bits per heavy atom. The number of carbonyl (C=O) groups excluding carboxylic acids is 1. The lowest BCUT2D eigenvalue weighted by molar-refractivity contribution is 0.0624. The Morgan fingerprint density at radius 1 is 1.11 bits per heavy atom. The van der Waals surface area contributed by atoms with Crippen molar-refractivity contribution in [2.24, 2.45) is 0 Å². The van der Waals surface area contributed by atoms with Crippen molar-refractivity contribution in [3.8, 4) is 11.5 Å². The van der Waals surface area contributed by atoms with E-state index < -0.39 is 0 Å². The van der Waals surface area contributed by atoms with Gasteiger partial charge in [0.05, 0.1) is 6.54 Å². The van der Waals surface area contributed by atoms with Crippen LogP contribution in [0.3, 0.4) is 0 Å². The molecule has 0 bridgehead atoms. The third kappa shape index (κ3) is 4.24. The van der Waals surface area contributed by atoms with Crippen molar-refractivity contribution < 1.29 is 9.32 Å². The van der Waals surface area contributed by atoms with Crippen LogP contribution in [0.15, 0.2) is 53.1 Å². The van der Waals surface area contributed by atoms with Gasteiger partial charge in [-0.05, 0) is 37.3 Å². The summed E-state index contributed by atoms with van der Waals surface area (Å²) in [6, 6.07) is 15.1. The second-order valence-corrected chi connectivity index (χ2v) is 7.40. The highest BCUT2D eigenvalue weighted by Crippen LogP contribution is 2.19. The van der Waals surface area contributed by atoms with Crippen LogP contribution in [0, 0.1) is 6.92 Å². The van der Waals surface area contributed by atoms with Crippen LogP contribution in [0.4, 0.5) is 0 Å². The van der Waals surface area contributed by atoms with Crippen molar-refractivity contribution >= 4 is 17.5 Å². The second kappa shape index (κ2) is 8.12. The van der Waals surface area contributed by atoms with Crippen LogP contribution in [0.2, 0.25) is 5.02 Å². The molecule has 1 saturated heterocycles. The predicted octanol–water partition coefficient (Wildman–Crippen LogP) is 3.66. The van der Waals surface area contributed by atoms with E-state index in [0.29, 0.717) is 41.9 Å². The van der Waals surface area contributed by atoms with Crippen LogP contribution < -0.4 is 0 Å². The Bertz CT molecular complexity index is 980. The van der Waals surface area contributed by atoms with Crippen LogP contribution in [0.5, 0.6) is 0 Å². The van der Waals surface area contributed by atoms with Gasteiger partial charge in [0.2, 0.25) is 0 Å². The molecule has 2 heterocycles. The third-order valence-electron chi connectivity index (χ3n) is 4.83. The lowest BCUT2D eigenvalue weighted by Crippen LogP contribution is -2.48. The monoisotopic (exact) mass is 396 g/mol. The summed E-state index contributed by atoms with van der Waals surface area (Å²) >= 11 is 5.99. The van der Waals surface area contributed by atoms with Crippen LogP contribution in [0.1, 0.15) is 21.7 Å². The number of aromatic nitrogens is 2. The van der Waals surface area contributed by atoms with Gasteiger partial charge in [0, 0.05) is 42.3 Å². The molecule has 1 aliphatic rings. The van der Waals surface area contributed by atoms with Gasteiger partial charge in [-0.2, -0.15) is 4.98 Å². The van der Waals surface area contributed by atoms with Crippen LogP contribution >= 0.6 is 11.6 Å². The molecule has 0 unspecified atom stereocenters. The molecule has 1 aliphatic heterocycles. The second-order valence-electron chi connectivity index (χ2n) is 6.96. The maximum absolute atomic E-state index is 12.6. The van der Waals surface area contributed by atoms with Crippen molar-refractivity contribution in [2.45, 2.75) is 13.5 Å². The lowest BCUT2D eigenvalue weighted by Gasteiger charge is -2.34. The number of benzene rings is 2. The number of aryl methyl sites for hydroxylation is 1. The summed E-state index contributed by atoms with van der Waals surface area (Å²) in [6.07, 6.45) is 0. The molecule has 0 N–H and O–H groups in total. The molecular weight excluding hydrogens is 376 g/mol. The minimum absolute atomic E-state index is 0.0171. The molecule has 0 atom stereocenters. The molecule has 1 aromatic heterocycles. The first-order valence-corrected chi connectivity index (χ1v) is 9.63. The predicted molar refractivity (Wildman–Crippen MR) is 107 cm³/mol. The zero-order chi connectivity index (χ0) is 19.5. The molecule has 3 aromatic rings. The fraction of sp³-hybridized carbons (Fsp3) is 0.286. The fourth-order valence-corrected chi connectivity index (χ4v) is 3.52. The Hall–Kier alpha value is -2.70. The highest BCUT2D eigenvalue weighted by molar-refractivity contribution is 6.30. The number of amides is 1. The fourth-order valence-electron chi connectivity index (χ4n) is 3.33. The summed E-state index contributed by atoms with van der Waals surface area (Å²) in [5.74, 6) is 1.21. The average Bonchev–Trinajstić information content (AvgIpc) is 3.17. The van der Waals surface area contributed by atoms with E-state index in [9.17, 15) is 4.79 Å². The summed E-state index contributed by atoms with van der Waals surface area (Å²) < 4.78 is 5.41. The molecule has 28 heavy (non-hydrogen) atoms. The number of rotatable bonds is 4. The lowest BCUT2D eigenvalue weighted by atomic mass is 10.1. The van der Waals surface area contributed by atoms with Gasteiger partial charge in [0.1, 0.15) is 0 Å². The van der Waals surface area contributed by atoms with E-state index in [-0.39, 0.29) is 5.91 Å². The highest BCUT2D eigenvalue weighted by Gasteiger charge is 2.23. The molecule has 1 amide bonds. The number of carbonyl (C=O) groups is 1. The minimum Gasteiger partial charge on any atom is -0.336 e. The zero-order valence-electron chi connectivity index (χ0n) is 15.6. The minimum atomic E-state index is 0.0171. The Labute approximate surface area is 168 Å². The van der Waals surface area contributed by atoms with Crippen LogP contribution in [-0.2, 0) is 6.54 Å². The van der Waals surface area contributed by atoms with Gasteiger partial charge < -0.3 is 9.42 Å². The number of hydrogen-bond donors (Lipinski definition) is 0. The largest absolute Gasteiger partial charge is 0.336 e. The molecule has 2 aromatic carbocycles. The molecule has 7 heteroatoms. The van der Waals surface area contributed by atoms with Gasteiger partial charge in [0.25, 0.3) is 11.8 Å². The molecule has 0 aliphatic carbocycles. The number of piperazine rings is 1. The Balaban J connectivity index is 1.34. The van der Waals surface area contributed by atoms with Gasteiger partial charge in [0.15, 0.2) is 5.82 Å². The Kier molecular flexibility index (Phi) is 5.41. The molecule has 6 nitrogen and oxygen atoms in total. The van der Waals surface area contributed by atoms with Crippen LogP contribution in [0.25, 0.3) is 11.5 Å². The number of nitrogens with zero attached hydrogens (tertiary/aromatic N) is 4. The number of halogens is 1. The smallest absolute Gasteiger partial charge is 0.257 e. The number of hydrogen-bond acceptors (Lipinski definition) is 5. The van der Waals surface area contributed by atoms with E-state index in [0.717, 1.165) is 24.2 Å². The maximum atomic E-state index is 12.6. The first-order valence-electron chi connectivity index (χ1n) is 9.25. The first kappa shape index (κ1) is 18.7. The summed E-state index contributed by atoms with van der Waals surface area (Å²) in [5, 5.41) is 4.68. The maximum Gasteiger partial charge on any atom is 0.257 e. The van der Waals surface area contributed by atoms with Gasteiger partial charge in [-0.15, -0.1) is 0 Å². The normalized spacial score (nSPS) is 15.0. The van der Waals surface area contributed by atoms with E-state index >= 15 is 0 Å². The van der Waals surface area contributed by atoms with E-state index in [1.165, 1.54) is 0 Å². The summed E-state index contributed by atoms with van der Waals surface area (Å²) in [7, 11) is 0. The molecule has 4 rings (SSSR count). The molecule has 144 valence electrons. The summed E-state index contributed by atoms with van der Waals surface area (Å²) in [4.78, 5) is 21.2. The summed E-state index contributed by atoms with van der Waals surface area (Å²) in [5.41, 5.74) is 2.70. The molecule has 0 saturated carbocycles. The van der Waals surface area contributed by atoms with Crippen molar-refractivity contribution in [3.05, 3.63) is 70.5 Å². The molecular formula is C21H21ClN4O2. The Morgan fingerprint density at radius 2 is 1.89 bits per heavy atom. The highest BCUT2D eigenvalue weighted by atomic mass is 35.5. The van der Waals surface area contributed by atoms with Crippen molar-refractivity contribution in [2.75, 3.05) is 26.2 Å². The van der Waals surface area contributed by atoms with Gasteiger partial charge in [-0.1, -0.05) is 40.5 Å². The van der Waals surface area contributed by atoms with Gasteiger partial charge in [-0.3, -0.25) is 9.69 Å². The van der Waals surface area contributed by atoms with Crippen molar-refractivity contribution in [3.63, 3.8) is 0 Å². The standard InChI is InChI=1S/C21H21ClN4O2/c1-15-4-2-5-16(12-15)20-23-19(24-28-20)14-25-8-10-26(11-9-25)21(27)17-6-3-7-18(22)13-17/h2-7,12-13H,8-11,14H2,1H3. The molecule has 0 radical (unpaired) electrons. The van der Waals surface area contributed by atoms with E-state index in [1.807, 2.05) is 36.1 Å². The van der Waals surface area contributed by atoms with Gasteiger partial charge in [-0.25, -0.2) is 0 Å². The van der Waals surface area contributed by atoms with E-state index in [4.69, 9.17) is 16.1 Å². The van der Waals surface area contributed by atoms with E-state index in [1.54, 1.807) is 24.3 Å². The molecule has 0 spiro atoms. The van der Waals surface area contributed by atoms with Crippen LogP contribution in [-0.4, -0.2) is 52.0 Å². The topological polar surface area (TPSA) is 62.5 Å².